The van der Waals surface area contributed by atoms with Gasteiger partial charge in [0.2, 0.25) is 5.91 Å². The number of hydrogen-bond donors (Lipinski definition) is 2. The maximum absolute atomic E-state index is 11.8. The first-order valence-corrected chi connectivity index (χ1v) is 6.85. The molecule has 0 aliphatic heterocycles. The Labute approximate surface area is 128 Å². The molecule has 1 unspecified atom stereocenters. The van der Waals surface area contributed by atoms with Crippen molar-refractivity contribution in [2.75, 3.05) is 12.4 Å². The number of para-hydroxylation sites is 1. The monoisotopic (exact) mass is 304 g/mol. The first-order chi connectivity index (χ1) is 10.0. The highest BCUT2D eigenvalue weighted by molar-refractivity contribution is 6.32. The van der Waals surface area contributed by atoms with Gasteiger partial charge in [0.15, 0.2) is 0 Å². The maximum atomic E-state index is 11.8. The molecule has 1 amide bonds. The Morgan fingerprint density at radius 1 is 1.29 bits per heavy atom. The van der Waals surface area contributed by atoms with E-state index in [0.29, 0.717) is 16.3 Å². The number of hydrogen-bond acceptors (Lipinski definition) is 3. The van der Waals surface area contributed by atoms with Crippen LogP contribution in [0, 0.1) is 6.92 Å². The molecule has 4 nitrogen and oxygen atoms in total. The molecule has 0 saturated carbocycles. The number of anilines is 1. The molecular formula is C16H17ClN2O2. The molecule has 0 aliphatic rings. The van der Waals surface area contributed by atoms with Crippen LogP contribution in [0.2, 0.25) is 5.02 Å². The Bertz CT molecular complexity index is 658. The quantitative estimate of drug-likeness (QED) is 0.891. The Kier molecular flexibility index (Phi) is 4.70. The van der Waals surface area contributed by atoms with E-state index in [1.807, 2.05) is 31.2 Å². The fourth-order valence-corrected chi connectivity index (χ4v) is 2.34. The molecule has 5 heteroatoms. The molecule has 1 atom stereocenters. The Morgan fingerprint density at radius 2 is 2.00 bits per heavy atom. The number of halogens is 1. The number of rotatable bonds is 5. The average molecular weight is 305 g/mol. The van der Waals surface area contributed by atoms with E-state index in [4.69, 9.17) is 22.1 Å². The number of amides is 1. The number of carbonyl (C=O) groups is 1. The van der Waals surface area contributed by atoms with Crippen molar-refractivity contribution in [3.05, 3.63) is 58.6 Å². The Balaban J connectivity index is 2.34. The van der Waals surface area contributed by atoms with Gasteiger partial charge in [-0.25, -0.2) is 0 Å². The third-order valence-electron chi connectivity index (χ3n) is 3.24. The van der Waals surface area contributed by atoms with Crippen molar-refractivity contribution < 1.29 is 9.53 Å². The minimum atomic E-state index is -0.658. The molecule has 0 radical (unpaired) electrons. The predicted molar refractivity (Wildman–Crippen MR) is 84.7 cm³/mol. The normalized spacial score (nSPS) is 11.8. The van der Waals surface area contributed by atoms with Crippen molar-refractivity contribution in [1.29, 1.82) is 0 Å². The lowest BCUT2D eigenvalue weighted by Crippen LogP contribution is -2.28. The lowest BCUT2D eigenvalue weighted by atomic mass is 10.0. The first kappa shape index (κ1) is 15.2. The second kappa shape index (κ2) is 6.50. The SMILES string of the molecule is COc1ccc(C(Nc2ccccc2C)C(N)=O)cc1Cl. The van der Waals surface area contributed by atoms with Gasteiger partial charge >= 0.3 is 0 Å². The van der Waals surface area contributed by atoms with Crippen molar-refractivity contribution in [3.8, 4) is 5.75 Å². The van der Waals surface area contributed by atoms with Crippen LogP contribution in [0.4, 0.5) is 5.69 Å². The van der Waals surface area contributed by atoms with E-state index in [2.05, 4.69) is 5.32 Å². The molecule has 0 aromatic heterocycles. The van der Waals surface area contributed by atoms with Crippen molar-refractivity contribution in [1.82, 2.24) is 0 Å². The van der Waals surface area contributed by atoms with Gasteiger partial charge in [0.05, 0.1) is 12.1 Å². The van der Waals surface area contributed by atoms with Gasteiger partial charge in [-0.2, -0.15) is 0 Å². The van der Waals surface area contributed by atoms with Crippen LogP contribution in [-0.2, 0) is 4.79 Å². The molecule has 2 rings (SSSR count). The van der Waals surface area contributed by atoms with Gasteiger partial charge in [0.1, 0.15) is 11.8 Å². The van der Waals surface area contributed by atoms with Gasteiger partial charge < -0.3 is 15.8 Å². The number of primary amides is 1. The van der Waals surface area contributed by atoms with Gasteiger partial charge in [-0.15, -0.1) is 0 Å². The van der Waals surface area contributed by atoms with Gasteiger partial charge in [-0.1, -0.05) is 35.9 Å². The lowest BCUT2D eigenvalue weighted by molar-refractivity contribution is -0.118. The van der Waals surface area contributed by atoms with Crippen molar-refractivity contribution >= 4 is 23.2 Å². The summed E-state index contributed by atoms with van der Waals surface area (Å²) < 4.78 is 5.11. The minimum Gasteiger partial charge on any atom is -0.495 e. The van der Waals surface area contributed by atoms with Crippen LogP contribution in [0.5, 0.6) is 5.75 Å². The highest BCUT2D eigenvalue weighted by atomic mass is 35.5. The third kappa shape index (κ3) is 3.47. The van der Waals surface area contributed by atoms with Crippen LogP contribution in [0.1, 0.15) is 17.2 Å². The van der Waals surface area contributed by atoms with Crippen molar-refractivity contribution in [3.63, 3.8) is 0 Å². The summed E-state index contributed by atoms with van der Waals surface area (Å²) in [6.45, 7) is 1.96. The van der Waals surface area contributed by atoms with E-state index < -0.39 is 11.9 Å². The van der Waals surface area contributed by atoms with E-state index in [0.717, 1.165) is 11.3 Å². The maximum Gasteiger partial charge on any atom is 0.244 e. The molecule has 0 aliphatic carbocycles. The van der Waals surface area contributed by atoms with Gasteiger partial charge in [-0.05, 0) is 36.2 Å². The summed E-state index contributed by atoms with van der Waals surface area (Å²) in [6.07, 6.45) is 0. The lowest BCUT2D eigenvalue weighted by Gasteiger charge is -2.19. The van der Waals surface area contributed by atoms with Crippen LogP contribution in [-0.4, -0.2) is 13.0 Å². The van der Waals surface area contributed by atoms with Crippen molar-refractivity contribution in [2.24, 2.45) is 5.73 Å². The molecule has 0 saturated heterocycles. The molecule has 0 fully saturated rings. The number of nitrogens with one attached hydrogen (secondary N) is 1. The molecule has 2 aromatic carbocycles. The summed E-state index contributed by atoms with van der Waals surface area (Å²) >= 11 is 6.11. The molecule has 110 valence electrons. The minimum absolute atomic E-state index is 0.438. The van der Waals surface area contributed by atoms with E-state index >= 15 is 0 Å². The standard InChI is InChI=1S/C16H17ClN2O2/c1-10-5-3-4-6-13(10)19-15(16(18)20)11-7-8-14(21-2)12(17)9-11/h3-9,15,19H,1-2H3,(H2,18,20). The fraction of sp³-hybridized carbons (Fsp3) is 0.188. The third-order valence-corrected chi connectivity index (χ3v) is 3.53. The predicted octanol–water partition coefficient (Wildman–Crippen LogP) is 3.30. The van der Waals surface area contributed by atoms with Crippen LogP contribution in [0.3, 0.4) is 0 Å². The average Bonchev–Trinajstić information content (AvgIpc) is 2.46. The van der Waals surface area contributed by atoms with E-state index in [1.165, 1.54) is 7.11 Å². The molecule has 21 heavy (non-hydrogen) atoms. The topological polar surface area (TPSA) is 64.3 Å². The highest BCUT2D eigenvalue weighted by Crippen LogP contribution is 2.29. The number of aryl methyl sites for hydroxylation is 1. The highest BCUT2D eigenvalue weighted by Gasteiger charge is 2.19. The number of nitrogens with two attached hydrogens (primary N) is 1. The van der Waals surface area contributed by atoms with Crippen molar-refractivity contribution in [2.45, 2.75) is 13.0 Å². The number of carbonyl (C=O) groups excluding carboxylic acids is 1. The smallest absolute Gasteiger partial charge is 0.244 e. The largest absolute Gasteiger partial charge is 0.495 e. The van der Waals surface area contributed by atoms with Gasteiger partial charge in [0, 0.05) is 5.69 Å². The van der Waals surface area contributed by atoms with Crippen LogP contribution >= 0.6 is 11.6 Å². The summed E-state index contributed by atoms with van der Waals surface area (Å²) in [7, 11) is 1.54. The van der Waals surface area contributed by atoms with E-state index in [-0.39, 0.29) is 0 Å². The second-order valence-electron chi connectivity index (χ2n) is 4.69. The Morgan fingerprint density at radius 3 is 2.57 bits per heavy atom. The molecular weight excluding hydrogens is 288 g/mol. The number of methoxy groups -OCH3 is 1. The van der Waals surface area contributed by atoms with E-state index in [1.54, 1.807) is 18.2 Å². The van der Waals surface area contributed by atoms with E-state index in [9.17, 15) is 4.79 Å². The zero-order chi connectivity index (χ0) is 15.4. The Hall–Kier alpha value is -2.20. The summed E-state index contributed by atoms with van der Waals surface area (Å²) in [6, 6.07) is 12.2. The molecule has 2 aromatic rings. The molecule has 0 spiro atoms. The molecule has 3 N–H and O–H groups in total. The zero-order valence-electron chi connectivity index (χ0n) is 11.9. The summed E-state index contributed by atoms with van der Waals surface area (Å²) in [4.78, 5) is 11.8. The summed E-state index contributed by atoms with van der Waals surface area (Å²) in [5, 5.41) is 3.59. The first-order valence-electron chi connectivity index (χ1n) is 6.48. The summed E-state index contributed by atoms with van der Waals surface area (Å²) in [5.41, 5.74) is 8.09. The number of ether oxygens (including phenoxy) is 1. The van der Waals surface area contributed by atoms with Crippen LogP contribution in [0.15, 0.2) is 42.5 Å². The zero-order valence-corrected chi connectivity index (χ0v) is 12.6. The molecule has 0 heterocycles. The van der Waals surface area contributed by atoms with Gasteiger partial charge in [0.25, 0.3) is 0 Å². The van der Waals surface area contributed by atoms with Crippen LogP contribution < -0.4 is 15.8 Å². The summed E-state index contributed by atoms with van der Waals surface area (Å²) in [5.74, 6) is 0.0824. The van der Waals surface area contributed by atoms with Crippen LogP contribution in [0.25, 0.3) is 0 Å². The number of benzene rings is 2. The second-order valence-corrected chi connectivity index (χ2v) is 5.10. The fourth-order valence-electron chi connectivity index (χ4n) is 2.07. The van der Waals surface area contributed by atoms with Gasteiger partial charge in [-0.3, -0.25) is 4.79 Å². The molecule has 0 bridgehead atoms.